The molecule has 1 fully saturated rings. The van der Waals surface area contributed by atoms with E-state index in [9.17, 15) is 5.11 Å². The first-order valence-corrected chi connectivity index (χ1v) is 8.07. The van der Waals surface area contributed by atoms with E-state index in [2.05, 4.69) is 4.99 Å². The molecule has 0 spiro atoms. The fourth-order valence-electron chi connectivity index (χ4n) is 2.40. The van der Waals surface area contributed by atoms with Gasteiger partial charge in [0.05, 0.1) is 7.11 Å². The number of ether oxygens (including phenoxy) is 1. The maximum Gasteiger partial charge on any atom is 0.170 e. The summed E-state index contributed by atoms with van der Waals surface area (Å²) in [5.74, 6) is 0.813. The van der Waals surface area contributed by atoms with Gasteiger partial charge in [-0.2, -0.15) is 0 Å². The van der Waals surface area contributed by atoms with E-state index in [-0.39, 0.29) is 0 Å². The largest absolute Gasteiger partial charge is 0.497 e. The number of anilines is 1. The molecule has 23 heavy (non-hydrogen) atoms. The zero-order chi connectivity index (χ0) is 16.2. The fourth-order valence-corrected chi connectivity index (χ4v) is 3.41. The van der Waals surface area contributed by atoms with E-state index in [4.69, 9.17) is 4.74 Å². The molecule has 5 heteroatoms. The number of nitrogens with zero attached hydrogens (tertiary/aromatic N) is 2. The molecule has 1 aliphatic heterocycles. The lowest BCUT2D eigenvalue weighted by molar-refractivity contribution is 0.233. The summed E-state index contributed by atoms with van der Waals surface area (Å²) in [6.45, 7) is 0. The first kappa shape index (κ1) is 15.6. The second-order valence-electron chi connectivity index (χ2n) is 5.01. The highest BCUT2D eigenvalue weighted by molar-refractivity contribution is 8.18. The van der Waals surface area contributed by atoms with Crippen LogP contribution in [0.5, 0.6) is 5.75 Å². The molecule has 2 aromatic rings. The summed E-state index contributed by atoms with van der Waals surface area (Å²) >= 11 is 1.48. The highest BCUT2D eigenvalue weighted by Gasteiger charge is 2.34. The van der Waals surface area contributed by atoms with Crippen LogP contribution in [-0.2, 0) is 0 Å². The molecule has 1 aliphatic rings. The minimum absolute atomic E-state index is 0.733. The van der Waals surface area contributed by atoms with Crippen LogP contribution in [0.2, 0.25) is 0 Å². The minimum Gasteiger partial charge on any atom is -0.497 e. The zero-order valence-corrected chi connectivity index (χ0v) is 13.8. The van der Waals surface area contributed by atoms with Gasteiger partial charge in [0.25, 0.3) is 0 Å². The van der Waals surface area contributed by atoms with Crippen molar-refractivity contribution in [2.24, 2.45) is 4.99 Å². The Morgan fingerprint density at radius 3 is 2.43 bits per heavy atom. The number of rotatable bonds is 3. The van der Waals surface area contributed by atoms with E-state index in [1.807, 2.05) is 65.6 Å². The first-order chi connectivity index (χ1) is 11.2. The predicted octanol–water partition coefficient (Wildman–Crippen LogP) is 3.59. The third kappa shape index (κ3) is 3.25. The van der Waals surface area contributed by atoms with Gasteiger partial charge in [0.15, 0.2) is 11.4 Å². The van der Waals surface area contributed by atoms with Crippen molar-refractivity contribution in [2.45, 2.75) is 6.23 Å². The number of amidine groups is 1. The van der Waals surface area contributed by atoms with Crippen LogP contribution in [0.3, 0.4) is 0 Å². The van der Waals surface area contributed by atoms with Crippen LogP contribution >= 0.6 is 11.8 Å². The molecule has 1 unspecified atom stereocenters. The summed E-state index contributed by atoms with van der Waals surface area (Å²) in [7, 11) is 3.38. The highest BCUT2D eigenvalue weighted by Crippen LogP contribution is 2.38. The van der Waals surface area contributed by atoms with Crippen LogP contribution in [0, 0.1) is 0 Å². The summed E-state index contributed by atoms with van der Waals surface area (Å²) in [6.07, 6.45) is 1.24. The Balaban J connectivity index is 1.91. The van der Waals surface area contributed by atoms with Gasteiger partial charge in [0.1, 0.15) is 5.75 Å². The summed E-state index contributed by atoms with van der Waals surface area (Å²) < 4.78 is 5.17. The van der Waals surface area contributed by atoms with Gasteiger partial charge in [-0.05, 0) is 35.9 Å². The number of thioether (sulfide) groups is 1. The van der Waals surface area contributed by atoms with E-state index < -0.39 is 6.23 Å². The van der Waals surface area contributed by atoms with Gasteiger partial charge in [0, 0.05) is 17.6 Å². The second-order valence-corrected chi connectivity index (χ2v) is 6.05. The Morgan fingerprint density at radius 1 is 1.13 bits per heavy atom. The molecular formula is C18H18N2O2S. The Morgan fingerprint density at radius 2 is 1.83 bits per heavy atom. The molecule has 2 aromatic carbocycles. The molecule has 1 atom stereocenters. The molecular weight excluding hydrogens is 308 g/mol. The van der Waals surface area contributed by atoms with Crippen molar-refractivity contribution in [1.82, 2.24) is 0 Å². The maximum absolute atomic E-state index is 10.7. The van der Waals surface area contributed by atoms with Gasteiger partial charge in [-0.15, -0.1) is 0 Å². The molecule has 0 saturated carbocycles. The van der Waals surface area contributed by atoms with E-state index in [0.717, 1.165) is 27.1 Å². The third-order valence-electron chi connectivity index (χ3n) is 3.56. The monoisotopic (exact) mass is 326 g/mol. The van der Waals surface area contributed by atoms with Crippen molar-refractivity contribution in [1.29, 1.82) is 0 Å². The van der Waals surface area contributed by atoms with Crippen LogP contribution in [0.1, 0.15) is 5.56 Å². The van der Waals surface area contributed by atoms with Crippen LogP contribution in [0.15, 0.2) is 64.5 Å². The van der Waals surface area contributed by atoms with Crippen molar-refractivity contribution < 1.29 is 9.84 Å². The van der Waals surface area contributed by atoms with Crippen molar-refractivity contribution in [3.8, 4) is 5.75 Å². The number of para-hydroxylation sites is 1. The molecule has 1 N–H and O–H groups in total. The topological polar surface area (TPSA) is 45.1 Å². The average Bonchev–Trinajstić information content (AvgIpc) is 2.92. The average molecular weight is 326 g/mol. The van der Waals surface area contributed by atoms with Gasteiger partial charge in [-0.1, -0.05) is 42.1 Å². The summed E-state index contributed by atoms with van der Waals surface area (Å²) in [5, 5.41) is 11.5. The number of aliphatic imine (C=N–C) groups is 1. The summed E-state index contributed by atoms with van der Waals surface area (Å²) in [6, 6.07) is 17.5. The second kappa shape index (κ2) is 6.89. The molecule has 1 heterocycles. The molecule has 3 rings (SSSR count). The SMILES string of the molecule is CN=C1S/C(=C\c2ccc(OC)cc2)C(O)N1c1ccccc1. The lowest BCUT2D eigenvalue weighted by Crippen LogP contribution is -2.32. The Hall–Kier alpha value is -2.24. The number of hydrogen-bond donors (Lipinski definition) is 1. The van der Waals surface area contributed by atoms with Crippen molar-refractivity contribution >= 4 is 28.7 Å². The van der Waals surface area contributed by atoms with Gasteiger partial charge >= 0.3 is 0 Å². The van der Waals surface area contributed by atoms with Crippen molar-refractivity contribution in [3.63, 3.8) is 0 Å². The minimum atomic E-state index is -0.733. The van der Waals surface area contributed by atoms with Crippen LogP contribution in [0.4, 0.5) is 5.69 Å². The molecule has 4 nitrogen and oxygen atoms in total. The fraction of sp³-hybridized carbons (Fsp3) is 0.167. The number of hydrogen-bond acceptors (Lipinski definition) is 4. The first-order valence-electron chi connectivity index (χ1n) is 7.25. The van der Waals surface area contributed by atoms with E-state index in [1.54, 1.807) is 14.2 Å². The quantitative estimate of drug-likeness (QED) is 0.936. The zero-order valence-electron chi connectivity index (χ0n) is 13.0. The number of aliphatic hydroxyl groups is 1. The molecule has 0 aromatic heterocycles. The molecule has 0 aliphatic carbocycles. The van der Waals surface area contributed by atoms with E-state index >= 15 is 0 Å². The Kier molecular flexibility index (Phi) is 4.69. The smallest absolute Gasteiger partial charge is 0.170 e. The molecule has 0 bridgehead atoms. The lowest BCUT2D eigenvalue weighted by atomic mass is 10.2. The van der Waals surface area contributed by atoms with E-state index in [0.29, 0.717) is 0 Å². The van der Waals surface area contributed by atoms with Crippen LogP contribution in [-0.4, -0.2) is 30.7 Å². The van der Waals surface area contributed by atoms with Crippen molar-refractivity contribution in [3.05, 3.63) is 65.1 Å². The molecule has 0 radical (unpaired) electrons. The molecule has 1 saturated heterocycles. The Bertz CT molecular complexity index is 726. The lowest BCUT2D eigenvalue weighted by Gasteiger charge is -2.21. The summed E-state index contributed by atoms with van der Waals surface area (Å²) in [4.78, 5) is 6.98. The van der Waals surface area contributed by atoms with Crippen molar-refractivity contribution in [2.75, 3.05) is 19.1 Å². The highest BCUT2D eigenvalue weighted by atomic mass is 32.2. The van der Waals surface area contributed by atoms with Gasteiger partial charge in [0.2, 0.25) is 0 Å². The van der Waals surface area contributed by atoms with Gasteiger partial charge in [-0.25, -0.2) is 0 Å². The number of methoxy groups -OCH3 is 1. The molecule has 118 valence electrons. The maximum atomic E-state index is 10.7. The molecule has 0 amide bonds. The van der Waals surface area contributed by atoms with Crippen LogP contribution < -0.4 is 9.64 Å². The number of benzene rings is 2. The number of aliphatic hydroxyl groups excluding tert-OH is 1. The predicted molar refractivity (Wildman–Crippen MR) is 96.8 cm³/mol. The normalized spacial score (nSPS) is 21.2. The van der Waals surface area contributed by atoms with E-state index in [1.165, 1.54) is 11.8 Å². The van der Waals surface area contributed by atoms with Crippen LogP contribution in [0.25, 0.3) is 6.08 Å². The van der Waals surface area contributed by atoms with Gasteiger partial charge in [-0.3, -0.25) is 9.89 Å². The van der Waals surface area contributed by atoms with Gasteiger partial charge < -0.3 is 9.84 Å². The third-order valence-corrected chi connectivity index (χ3v) is 4.69. The summed E-state index contributed by atoms with van der Waals surface area (Å²) in [5.41, 5.74) is 1.93. The Labute approximate surface area is 140 Å². The standard InChI is InChI=1S/C18H18N2O2S/c1-19-18-20(14-6-4-3-5-7-14)17(21)16(23-18)12-13-8-10-15(22-2)11-9-13/h3-12,17,21H,1-2H3/b16-12-,19-18?.